The molecule has 1 aliphatic heterocycles. The van der Waals surface area contributed by atoms with Gasteiger partial charge in [-0.15, -0.1) is 0 Å². The van der Waals surface area contributed by atoms with Crippen LogP contribution in [0, 0.1) is 5.82 Å². The van der Waals surface area contributed by atoms with Gasteiger partial charge in [-0.25, -0.2) is 9.38 Å². The van der Waals surface area contributed by atoms with Gasteiger partial charge in [-0.2, -0.15) is 0 Å². The number of benzene rings is 1. The lowest BCUT2D eigenvalue weighted by atomic mass is 10.1. The quantitative estimate of drug-likeness (QED) is 0.661. The van der Waals surface area contributed by atoms with Gasteiger partial charge < -0.3 is 15.4 Å². The Balaban J connectivity index is 1.64. The fourth-order valence-electron chi connectivity index (χ4n) is 2.71. The van der Waals surface area contributed by atoms with Crippen LogP contribution in [0.4, 0.5) is 4.39 Å². The number of halogens is 1. The largest absolute Gasteiger partial charge is 0.375 e. The van der Waals surface area contributed by atoms with E-state index >= 15 is 0 Å². The highest BCUT2D eigenvalue weighted by Crippen LogP contribution is 2.44. The molecule has 1 saturated carbocycles. The number of nitrogens with two attached hydrogens (primary N) is 1. The van der Waals surface area contributed by atoms with Crippen LogP contribution in [0.25, 0.3) is 0 Å². The Kier molecular flexibility index (Phi) is 3.61. The molecule has 5 heteroatoms. The molecule has 2 fully saturated rings. The number of aliphatic imine (C=N–C) groups is 1. The fraction of sp³-hybridized carbons (Fsp3) is 0.533. The SMILES string of the molecule is CC1CN(C(N)=N[C@@H]2C[C@H]2c2ccccc2F)CCO1. The molecule has 0 aromatic heterocycles. The average molecular weight is 277 g/mol. The summed E-state index contributed by atoms with van der Waals surface area (Å²) >= 11 is 0. The highest BCUT2D eigenvalue weighted by Gasteiger charge is 2.40. The van der Waals surface area contributed by atoms with E-state index in [2.05, 4.69) is 4.99 Å². The van der Waals surface area contributed by atoms with Gasteiger partial charge in [0, 0.05) is 19.0 Å². The molecule has 0 bridgehead atoms. The molecule has 3 atom stereocenters. The molecule has 2 N–H and O–H groups in total. The summed E-state index contributed by atoms with van der Waals surface area (Å²) in [4.78, 5) is 6.59. The lowest BCUT2D eigenvalue weighted by molar-refractivity contribution is 0.00528. The second-order valence-corrected chi connectivity index (χ2v) is 5.55. The van der Waals surface area contributed by atoms with Crippen LogP contribution in [0.1, 0.15) is 24.8 Å². The summed E-state index contributed by atoms with van der Waals surface area (Å²) in [5.41, 5.74) is 6.81. The van der Waals surface area contributed by atoms with Crippen LogP contribution in [0.5, 0.6) is 0 Å². The smallest absolute Gasteiger partial charge is 0.191 e. The molecule has 1 aliphatic carbocycles. The standard InChI is InChI=1S/C15H20FN3O/c1-10-9-19(6-7-20-10)15(17)18-14-8-12(14)11-4-2-3-5-13(11)16/h2-5,10,12,14H,6-9H2,1H3,(H2,17,18)/t10?,12-,14+/m0/s1. The minimum absolute atomic E-state index is 0.116. The van der Waals surface area contributed by atoms with E-state index in [1.165, 1.54) is 6.07 Å². The van der Waals surface area contributed by atoms with Crippen LogP contribution >= 0.6 is 0 Å². The van der Waals surface area contributed by atoms with E-state index in [0.717, 1.165) is 25.1 Å². The number of guanidine groups is 1. The first-order chi connectivity index (χ1) is 9.65. The van der Waals surface area contributed by atoms with Crippen molar-refractivity contribution in [2.24, 2.45) is 10.7 Å². The summed E-state index contributed by atoms with van der Waals surface area (Å²) in [6.45, 7) is 4.25. The summed E-state index contributed by atoms with van der Waals surface area (Å²) in [7, 11) is 0. The maximum Gasteiger partial charge on any atom is 0.191 e. The van der Waals surface area contributed by atoms with E-state index in [-0.39, 0.29) is 23.9 Å². The van der Waals surface area contributed by atoms with Gasteiger partial charge in [0.2, 0.25) is 0 Å². The van der Waals surface area contributed by atoms with Crippen molar-refractivity contribution in [3.63, 3.8) is 0 Å². The van der Waals surface area contributed by atoms with Crippen molar-refractivity contribution in [1.29, 1.82) is 0 Å². The second kappa shape index (κ2) is 5.40. The summed E-state index contributed by atoms with van der Waals surface area (Å²) in [6, 6.07) is 7.03. The van der Waals surface area contributed by atoms with E-state index < -0.39 is 0 Å². The lowest BCUT2D eigenvalue weighted by Crippen LogP contribution is -2.48. The Bertz CT molecular complexity index is 520. The predicted molar refractivity (Wildman–Crippen MR) is 76.2 cm³/mol. The van der Waals surface area contributed by atoms with E-state index in [4.69, 9.17) is 10.5 Å². The third kappa shape index (κ3) is 2.77. The zero-order valence-corrected chi connectivity index (χ0v) is 11.6. The van der Waals surface area contributed by atoms with Crippen LogP contribution in [-0.2, 0) is 4.74 Å². The summed E-state index contributed by atoms with van der Waals surface area (Å²) in [5, 5.41) is 0. The zero-order chi connectivity index (χ0) is 14.1. The van der Waals surface area contributed by atoms with Gasteiger partial charge in [-0.05, 0) is 25.0 Å². The molecule has 0 spiro atoms. The van der Waals surface area contributed by atoms with E-state index in [0.29, 0.717) is 12.6 Å². The molecule has 0 radical (unpaired) electrons. The van der Waals surface area contributed by atoms with Gasteiger partial charge in [-0.1, -0.05) is 18.2 Å². The first-order valence-corrected chi connectivity index (χ1v) is 7.09. The molecular formula is C15H20FN3O. The van der Waals surface area contributed by atoms with Crippen molar-refractivity contribution < 1.29 is 9.13 Å². The predicted octanol–water partition coefficient (Wildman–Crippen LogP) is 1.72. The number of morpholine rings is 1. The van der Waals surface area contributed by atoms with Crippen molar-refractivity contribution in [3.05, 3.63) is 35.6 Å². The highest BCUT2D eigenvalue weighted by molar-refractivity contribution is 5.78. The fourth-order valence-corrected chi connectivity index (χ4v) is 2.71. The minimum Gasteiger partial charge on any atom is -0.375 e. The van der Waals surface area contributed by atoms with Gasteiger partial charge in [0.1, 0.15) is 5.82 Å². The minimum atomic E-state index is -0.145. The number of rotatable bonds is 2. The Morgan fingerprint density at radius 3 is 3.00 bits per heavy atom. The van der Waals surface area contributed by atoms with Crippen LogP contribution in [0.2, 0.25) is 0 Å². The first-order valence-electron chi connectivity index (χ1n) is 7.09. The summed E-state index contributed by atoms with van der Waals surface area (Å²) in [6.07, 6.45) is 1.06. The van der Waals surface area contributed by atoms with Gasteiger partial charge in [0.05, 0.1) is 18.8 Å². The third-order valence-corrected chi connectivity index (χ3v) is 3.92. The highest BCUT2D eigenvalue weighted by atomic mass is 19.1. The molecule has 108 valence electrons. The number of nitrogens with zero attached hydrogens (tertiary/aromatic N) is 2. The Morgan fingerprint density at radius 2 is 2.25 bits per heavy atom. The molecule has 2 aliphatic rings. The van der Waals surface area contributed by atoms with Crippen molar-refractivity contribution in [3.8, 4) is 0 Å². The van der Waals surface area contributed by atoms with Crippen LogP contribution in [0.3, 0.4) is 0 Å². The number of ether oxygens (including phenoxy) is 1. The molecule has 1 heterocycles. The van der Waals surface area contributed by atoms with E-state index in [1.807, 2.05) is 24.0 Å². The molecular weight excluding hydrogens is 257 g/mol. The van der Waals surface area contributed by atoms with Crippen LogP contribution in [0.15, 0.2) is 29.3 Å². The Hall–Kier alpha value is -1.62. The molecule has 0 amide bonds. The molecule has 1 aromatic carbocycles. The lowest BCUT2D eigenvalue weighted by Gasteiger charge is -2.31. The Morgan fingerprint density at radius 1 is 1.45 bits per heavy atom. The Labute approximate surface area is 118 Å². The van der Waals surface area contributed by atoms with Gasteiger partial charge in [-0.3, -0.25) is 0 Å². The summed E-state index contributed by atoms with van der Waals surface area (Å²) < 4.78 is 19.2. The third-order valence-electron chi connectivity index (χ3n) is 3.92. The van der Waals surface area contributed by atoms with Crippen molar-refractivity contribution in [2.45, 2.75) is 31.4 Å². The molecule has 3 rings (SSSR count). The van der Waals surface area contributed by atoms with E-state index in [9.17, 15) is 4.39 Å². The first kappa shape index (κ1) is 13.4. The number of hydrogen-bond donors (Lipinski definition) is 1. The maximum atomic E-state index is 13.7. The van der Waals surface area contributed by atoms with Gasteiger partial charge in [0.15, 0.2) is 5.96 Å². The van der Waals surface area contributed by atoms with Gasteiger partial charge in [0.25, 0.3) is 0 Å². The van der Waals surface area contributed by atoms with Gasteiger partial charge >= 0.3 is 0 Å². The van der Waals surface area contributed by atoms with Crippen LogP contribution < -0.4 is 5.73 Å². The molecule has 20 heavy (non-hydrogen) atoms. The van der Waals surface area contributed by atoms with Crippen molar-refractivity contribution >= 4 is 5.96 Å². The van der Waals surface area contributed by atoms with Crippen LogP contribution in [-0.4, -0.2) is 42.7 Å². The topological polar surface area (TPSA) is 50.8 Å². The maximum absolute atomic E-state index is 13.7. The number of hydrogen-bond acceptors (Lipinski definition) is 2. The average Bonchev–Trinajstić information content (AvgIpc) is 3.18. The summed E-state index contributed by atoms with van der Waals surface area (Å²) in [5.74, 6) is 0.589. The zero-order valence-electron chi connectivity index (χ0n) is 11.6. The van der Waals surface area contributed by atoms with E-state index in [1.54, 1.807) is 6.07 Å². The monoisotopic (exact) mass is 277 g/mol. The molecule has 1 unspecified atom stereocenters. The van der Waals surface area contributed by atoms with Crippen molar-refractivity contribution in [1.82, 2.24) is 4.90 Å². The molecule has 4 nitrogen and oxygen atoms in total. The molecule has 1 saturated heterocycles. The normalized spacial score (nSPS) is 30.4. The van der Waals surface area contributed by atoms with Crippen molar-refractivity contribution in [2.75, 3.05) is 19.7 Å². The molecule has 1 aromatic rings. The second-order valence-electron chi connectivity index (χ2n) is 5.55.